The molecule has 2 heterocycles. The number of nitrogens with zero attached hydrogens (tertiary/aromatic N) is 5. The first-order valence-corrected chi connectivity index (χ1v) is 14.0. The Kier molecular flexibility index (Phi) is 9.39. The summed E-state index contributed by atoms with van der Waals surface area (Å²) in [6, 6.07) is 8.44. The van der Waals surface area contributed by atoms with E-state index in [1.54, 1.807) is 17.6 Å². The Balaban J connectivity index is 1.72. The van der Waals surface area contributed by atoms with Crippen molar-refractivity contribution < 1.29 is 19.1 Å². The number of ether oxygens (including phenoxy) is 2. The smallest absolute Gasteiger partial charge is 0.417 e. The van der Waals surface area contributed by atoms with Crippen molar-refractivity contribution in [1.29, 1.82) is 0 Å². The summed E-state index contributed by atoms with van der Waals surface area (Å²) >= 11 is 0. The van der Waals surface area contributed by atoms with Gasteiger partial charge in [0, 0.05) is 6.54 Å². The van der Waals surface area contributed by atoms with Gasteiger partial charge in [-0.25, -0.2) is 14.7 Å². The summed E-state index contributed by atoms with van der Waals surface area (Å²) in [6.45, 7) is 11.8. The fraction of sp³-hybridized carbons (Fsp3) is 0.500. The highest BCUT2D eigenvalue weighted by atomic mass is 16.6. The lowest BCUT2D eigenvalue weighted by Crippen LogP contribution is -2.37. The quantitative estimate of drug-likeness (QED) is 0.243. The molecular weight excluding hydrogens is 508 g/mol. The van der Waals surface area contributed by atoms with Crippen molar-refractivity contribution in [1.82, 2.24) is 19.5 Å². The van der Waals surface area contributed by atoms with Gasteiger partial charge in [0.25, 0.3) is 0 Å². The number of esters is 1. The SMILES string of the molecule is C=CCNc1nc(N(Cc2ccc(C3CCCCC3)cc2)C(=O)OC(C)(C)C)nc2c1ncn2CC(=O)OCC. The molecule has 4 rings (SSSR count). The number of hydrogen-bond acceptors (Lipinski definition) is 8. The summed E-state index contributed by atoms with van der Waals surface area (Å²) in [7, 11) is 0. The van der Waals surface area contributed by atoms with Gasteiger partial charge in [0.15, 0.2) is 17.0 Å². The van der Waals surface area contributed by atoms with Crippen LogP contribution in [0, 0.1) is 0 Å². The molecule has 1 aliphatic carbocycles. The first-order chi connectivity index (χ1) is 19.2. The molecule has 0 spiro atoms. The van der Waals surface area contributed by atoms with Crippen molar-refractivity contribution in [2.24, 2.45) is 0 Å². The minimum absolute atomic E-state index is 0.0727. The Morgan fingerprint density at radius 3 is 2.52 bits per heavy atom. The van der Waals surface area contributed by atoms with Crippen molar-refractivity contribution in [3.63, 3.8) is 0 Å². The van der Waals surface area contributed by atoms with Crippen molar-refractivity contribution in [3.05, 3.63) is 54.4 Å². The van der Waals surface area contributed by atoms with Gasteiger partial charge in [0.05, 0.1) is 19.5 Å². The molecule has 0 aliphatic heterocycles. The minimum Gasteiger partial charge on any atom is -0.465 e. The third kappa shape index (κ3) is 7.37. The highest BCUT2D eigenvalue weighted by Crippen LogP contribution is 2.33. The van der Waals surface area contributed by atoms with Gasteiger partial charge >= 0.3 is 12.1 Å². The topological polar surface area (TPSA) is 111 Å². The number of carbonyl (C=O) groups excluding carboxylic acids is 2. The largest absolute Gasteiger partial charge is 0.465 e. The lowest BCUT2D eigenvalue weighted by molar-refractivity contribution is -0.143. The van der Waals surface area contributed by atoms with Crippen LogP contribution in [0.4, 0.5) is 16.6 Å². The summed E-state index contributed by atoms with van der Waals surface area (Å²) in [5.41, 5.74) is 2.40. The molecule has 1 saturated carbocycles. The molecule has 0 atom stereocenters. The fourth-order valence-electron chi connectivity index (χ4n) is 4.85. The fourth-order valence-corrected chi connectivity index (χ4v) is 4.85. The van der Waals surface area contributed by atoms with Gasteiger partial charge in [-0.2, -0.15) is 9.97 Å². The first kappa shape index (κ1) is 29.0. The predicted molar refractivity (Wildman–Crippen MR) is 155 cm³/mol. The van der Waals surface area contributed by atoms with E-state index < -0.39 is 17.7 Å². The molecule has 214 valence electrons. The second-order valence-corrected chi connectivity index (χ2v) is 11.0. The Bertz CT molecular complexity index is 1320. The molecule has 2 aromatic heterocycles. The molecule has 0 unspecified atom stereocenters. The average Bonchev–Trinajstić information content (AvgIpc) is 3.32. The van der Waals surface area contributed by atoms with Crippen LogP contribution >= 0.6 is 0 Å². The van der Waals surface area contributed by atoms with E-state index in [0.29, 0.717) is 29.4 Å². The number of imidazole rings is 1. The summed E-state index contributed by atoms with van der Waals surface area (Å²) in [5, 5.41) is 3.18. The Morgan fingerprint density at radius 1 is 1.15 bits per heavy atom. The second kappa shape index (κ2) is 12.9. The molecule has 0 radical (unpaired) electrons. The molecule has 0 bridgehead atoms. The molecular formula is C30H40N6O4. The van der Waals surface area contributed by atoms with E-state index in [0.717, 1.165) is 5.56 Å². The monoisotopic (exact) mass is 548 g/mol. The molecule has 40 heavy (non-hydrogen) atoms. The number of anilines is 2. The molecule has 1 N–H and O–H groups in total. The minimum atomic E-state index is -0.722. The number of nitrogens with one attached hydrogen (secondary N) is 1. The van der Waals surface area contributed by atoms with Gasteiger partial charge in [0.2, 0.25) is 5.95 Å². The molecule has 10 nitrogen and oxygen atoms in total. The number of rotatable bonds is 10. The summed E-state index contributed by atoms with van der Waals surface area (Å²) in [4.78, 5) is 41.0. The van der Waals surface area contributed by atoms with Gasteiger partial charge in [-0.1, -0.05) is 49.6 Å². The Morgan fingerprint density at radius 2 is 1.88 bits per heavy atom. The number of benzene rings is 1. The number of amides is 1. The van der Waals surface area contributed by atoms with Crippen LogP contribution in [0.25, 0.3) is 11.2 Å². The molecule has 3 aromatic rings. The average molecular weight is 549 g/mol. The van der Waals surface area contributed by atoms with Gasteiger partial charge in [0.1, 0.15) is 12.1 Å². The maximum absolute atomic E-state index is 13.5. The van der Waals surface area contributed by atoms with E-state index in [9.17, 15) is 9.59 Å². The van der Waals surface area contributed by atoms with Crippen LogP contribution in [0.15, 0.2) is 43.2 Å². The van der Waals surface area contributed by atoms with Crippen molar-refractivity contribution in [2.75, 3.05) is 23.4 Å². The highest BCUT2D eigenvalue weighted by Gasteiger charge is 2.28. The van der Waals surface area contributed by atoms with Gasteiger partial charge in [-0.15, -0.1) is 6.58 Å². The third-order valence-corrected chi connectivity index (χ3v) is 6.72. The van der Waals surface area contributed by atoms with Gasteiger partial charge in [-0.3, -0.25) is 4.79 Å². The predicted octanol–water partition coefficient (Wildman–Crippen LogP) is 5.98. The summed E-state index contributed by atoms with van der Waals surface area (Å²) < 4.78 is 12.5. The van der Waals surface area contributed by atoms with Crippen LogP contribution in [0.5, 0.6) is 0 Å². The van der Waals surface area contributed by atoms with Crippen LogP contribution in [0.1, 0.15) is 76.8 Å². The number of fused-ring (bicyclic) bond motifs is 1. The van der Waals surface area contributed by atoms with Gasteiger partial charge < -0.3 is 19.4 Å². The van der Waals surface area contributed by atoms with Crippen LogP contribution in [0.2, 0.25) is 0 Å². The highest BCUT2D eigenvalue weighted by molar-refractivity contribution is 5.90. The van der Waals surface area contributed by atoms with Crippen molar-refractivity contribution in [3.8, 4) is 0 Å². The van der Waals surface area contributed by atoms with Crippen LogP contribution in [0.3, 0.4) is 0 Å². The third-order valence-electron chi connectivity index (χ3n) is 6.72. The number of aromatic nitrogens is 4. The Labute approximate surface area is 235 Å². The standard InChI is InChI=1S/C30H40N6O4/c1-6-17-31-26-25-27(35(20-32-25)19-24(37)39-7-2)34-28(33-26)36(29(38)40-30(3,4)5)18-21-13-15-23(16-14-21)22-11-9-8-10-12-22/h6,13-16,20,22H,1,7-12,17-19H2,2-5H3,(H,31,33,34). The molecule has 1 aromatic carbocycles. The summed E-state index contributed by atoms with van der Waals surface area (Å²) in [5.74, 6) is 0.734. The van der Waals surface area contributed by atoms with E-state index in [1.807, 2.05) is 20.8 Å². The van der Waals surface area contributed by atoms with Crippen LogP contribution < -0.4 is 10.2 Å². The van der Waals surface area contributed by atoms with E-state index >= 15 is 0 Å². The number of hydrogen-bond donors (Lipinski definition) is 1. The maximum Gasteiger partial charge on any atom is 0.417 e. The van der Waals surface area contributed by atoms with Crippen LogP contribution in [-0.4, -0.2) is 50.3 Å². The lowest BCUT2D eigenvalue weighted by atomic mass is 9.84. The van der Waals surface area contributed by atoms with Crippen molar-refractivity contribution in [2.45, 2.75) is 84.4 Å². The van der Waals surface area contributed by atoms with Crippen molar-refractivity contribution >= 4 is 35.0 Å². The van der Waals surface area contributed by atoms with E-state index in [1.165, 1.54) is 48.9 Å². The van der Waals surface area contributed by atoms with E-state index in [4.69, 9.17) is 14.5 Å². The lowest BCUT2D eigenvalue weighted by Gasteiger charge is -2.27. The zero-order valence-electron chi connectivity index (χ0n) is 24.0. The van der Waals surface area contributed by atoms with E-state index in [2.05, 4.69) is 46.1 Å². The van der Waals surface area contributed by atoms with E-state index in [-0.39, 0.29) is 25.6 Å². The molecule has 1 amide bonds. The zero-order chi connectivity index (χ0) is 28.7. The molecule has 0 saturated heterocycles. The molecule has 1 fully saturated rings. The molecule has 1 aliphatic rings. The van der Waals surface area contributed by atoms with Gasteiger partial charge in [-0.05, 0) is 57.6 Å². The Hall–Kier alpha value is -3.95. The second-order valence-electron chi connectivity index (χ2n) is 11.0. The molecule has 10 heteroatoms. The summed E-state index contributed by atoms with van der Waals surface area (Å²) in [6.07, 6.45) is 8.93. The normalized spacial score (nSPS) is 14.1. The maximum atomic E-state index is 13.5. The van der Waals surface area contributed by atoms with Crippen LogP contribution in [-0.2, 0) is 27.4 Å². The zero-order valence-corrected chi connectivity index (χ0v) is 24.0. The first-order valence-electron chi connectivity index (χ1n) is 14.0. The number of carbonyl (C=O) groups is 2.